The molecule has 0 heterocycles. The molecule has 1 amide bonds. The maximum absolute atomic E-state index is 11.1. The summed E-state index contributed by atoms with van der Waals surface area (Å²) in [7, 11) is 3.31. The Morgan fingerprint density at radius 3 is 2.44 bits per heavy atom. The van der Waals surface area contributed by atoms with Crippen LogP contribution in [0.3, 0.4) is 0 Å². The minimum atomic E-state index is -0.329. The van der Waals surface area contributed by atoms with E-state index in [4.69, 9.17) is 24.7 Å². The number of nitrogens with one attached hydrogen (secondary N) is 1. The van der Waals surface area contributed by atoms with Gasteiger partial charge in [-0.2, -0.15) is 0 Å². The lowest BCUT2D eigenvalue weighted by molar-refractivity contribution is -0.117. The number of nitrogens with two attached hydrogens (primary N) is 1. The minimum Gasteiger partial charge on any atom is -0.493 e. The molecule has 0 spiro atoms. The van der Waals surface area contributed by atoms with Gasteiger partial charge in [0.25, 0.3) is 0 Å². The maximum Gasteiger partial charge on any atom is 0.221 e. The molecule has 7 nitrogen and oxygen atoms in total. The lowest BCUT2D eigenvalue weighted by atomic mass is 10.0. The van der Waals surface area contributed by atoms with Crippen molar-refractivity contribution in [2.24, 2.45) is 11.7 Å². The highest BCUT2D eigenvalue weighted by Crippen LogP contribution is 2.28. The number of hydrogen-bond acceptors (Lipinski definition) is 6. The summed E-state index contributed by atoms with van der Waals surface area (Å²) in [6.45, 7) is 4.38. The fourth-order valence-corrected chi connectivity index (χ4v) is 4.63. The van der Waals surface area contributed by atoms with Crippen LogP contribution in [0.5, 0.6) is 17.2 Å². The van der Waals surface area contributed by atoms with Crippen LogP contribution in [0.4, 0.5) is 0 Å². The Kier molecular flexibility index (Phi) is 11.4. The second-order valence-corrected chi connectivity index (χ2v) is 9.70. The first-order chi connectivity index (χ1) is 17.5. The highest BCUT2D eigenvalue weighted by molar-refractivity contribution is 5.76. The Morgan fingerprint density at radius 1 is 1.00 bits per heavy atom. The molecule has 2 aromatic carbocycles. The highest BCUT2D eigenvalue weighted by Gasteiger charge is 2.24. The van der Waals surface area contributed by atoms with Gasteiger partial charge >= 0.3 is 0 Å². The molecule has 1 fully saturated rings. The van der Waals surface area contributed by atoms with Gasteiger partial charge in [-0.3, -0.25) is 4.79 Å². The molecule has 0 aliphatic heterocycles. The number of methoxy groups -OCH3 is 2. The third kappa shape index (κ3) is 9.03. The molecule has 2 aromatic rings. The van der Waals surface area contributed by atoms with Crippen molar-refractivity contribution >= 4 is 5.91 Å². The second kappa shape index (κ2) is 14.7. The van der Waals surface area contributed by atoms with Gasteiger partial charge in [-0.15, -0.1) is 0 Å². The Balaban J connectivity index is 1.43. The summed E-state index contributed by atoms with van der Waals surface area (Å²) in [5.41, 5.74) is 7.33. The van der Waals surface area contributed by atoms with E-state index >= 15 is 0 Å². The molecule has 3 rings (SSSR count). The summed E-state index contributed by atoms with van der Waals surface area (Å²) in [5, 5.41) is 3.77. The maximum atomic E-state index is 11.1. The molecule has 1 unspecified atom stereocenters. The molecule has 198 valence electrons. The average Bonchev–Trinajstić information content (AvgIpc) is 3.11. The molecular formula is C29H42N2O5. The van der Waals surface area contributed by atoms with E-state index < -0.39 is 0 Å². The van der Waals surface area contributed by atoms with Gasteiger partial charge in [-0.25, -0.2) is 0 Å². The lowest BCUT2D eigenvalue weighted by Gasteiger charge is -2.28. The molecule has 36 heavy (non-hydrogen) atoms. The topological polar surface area (TPSA) is 92.0 Å². The van der Waals surface area contributed by atoms with Crippen LogP contribution in [0.2, 0.25) is 0 Å². The first kappa shape index (κ1) is 27.8. The molecule has 3 N–H and O–H groups in total. The Labute approximate surface area is 215 Å². The van der Waals surface area contributed by atoms with Crippen molar-refractivity contribution < 1.29 is 23.7 Å². The van der Waals surface area contributed by atoms with Crippen molar-refractivity contribution in [2.75, 3.05) is 34.0 Å². The second-order valence-electron chi connectivity index (χ2n) is 9.70. The predicted octanol–water partition coefficient (Wildman–Crippen LogP) is 4.30. The van der Waals surface area contributed by atoms with Crippen LogP contribution in [0.1, 0.15) is 50.2 Å². The summed E-state index contributed by atoms with van der Waals surface area (Å²) < 4.78 is 23.1. The van der Waals surface area contributed by atoms with E-state index in [1.807, 2.05) is 36.4 Å². The standard InChI is InChI=1S/C29H42N2O5/c1-21(20-36-24-12-9-22(10-13-24)18-29(30)32)19-31-25-7-5-4-6-8-26(25)35-16-15-23-11-14-27(33-2)28(17-23)34-3/h9-14,17,21,25-26,31H,4-8,15-16,18-20H2,1-3H3,(H2,30,32)/t21?,25-,26-/m1/s1. The zero-order chi connectivity index (χ0) is 25.8. The van der Waals surface area contributed by atoms with E-state index in [-0.39, 0.29) is 18.4 Å². The van der Waals surface area contributed by atoms with Gasteiger partial charge in [0.15, 0.2) is 11.5 Å². The summed E-state index contributed by atoms with van der Waals surface area (Å²) in [4.78, 5) is 11.1. The molecule has 1 aliphatic rings. The van der Waals surface area contributed by atoms with Crippen molar-refractivity contribution in [3.63, 3.8) is 0 Å². The molecule has 0 bridgehead atoms. The van der Waals surface area contributed by atoms with Crippen molar-refractivity contribution in [3.8, 4) is 17.2 Å². The fourth-order valence-electron chi connectivity index (χ4n) is 4.63. The van der Waals surface area contributed by atoms with Gasteiger partial charge in [0.2, 0.25) is 5.91 Å². The third-order valence-electron chi connectivity index (χ3n) is 6.69. The van der Waals surface area contributed by atoms with E-state index in [0.29, 0.717) is 25.2 Å². The molecule has 7 heteroatoms. The zero-order valence-corrected chi connectivity index (χ0v) is 22.0. The quantitative estimate of drug-likeness (QED) is 0.378. The van der Waals surface area contributed by atoms with Crippen molar-refractivity contribution in [1.29, 1.82) is 0 Å². The molecule has 1 aliphatic carbocycles. The number of carbonyl (C=O) groups is 1. The van der Waals surface area contributed by atoms with E-state index in [0.717, 1.165) is 48.6 Å². The van der Waals surface area contributed by atoms with Crippen LogP contribution in [-0.2, 0) is 22.4 Å². The van der Waals surface area contributed by atoms with E-state index in [1.165, 1.54) is 24.8 Å². The lowest BCUT2D eigenvalue weighted by Crippen LogP contribution is -2.43. The van der Waals surface area contributed by atoms with Crippen LogP contribution in [0, 0.1) is 5.92 Å². The Morgan fingerprint density at radius 2 is 1.72 bits per heavy atom. The molecule has 0 aromatic heterocycles. The summed E-state index contributed by atoms with van der Waals surface area (Å²) >= 11 is 0. The number of amides is 1. The zero-order valence-electron chi connectivity index (χ0n) is 22.0. The van der Waals surface area contributed by atoms with Gasteiger partial charge in [0.05, 0.1) is 40.0 Å². The first-order valence-electron chi connectivity index (χ1n) is 13.0. The summed E-state index contributed by atoms with van der Waals surface area (Å²) in [5.74, 6) is 2.33. The van der Waals surface area contributed by atoms with E-state index in [1.54, 1.807) is 14.2 Å². The first-order valence-corrected chi connectivity index (χ1v) is 13.0. The number of hydrogen-bond donors (Lipinski definition) is 2. The number of benzene rings is 2. The highest BCUT2D eigenvalue weighted by atomic mass is 16.5. The van der Waals surface area contributed by atoms with Gasteiger partial charge in [0.1, 0.15) is 5.75 Å². The molecule has 0 radical (unpaired) electrons. The smallest absolute Gasteiger partial charge is 0.221 e. The number of carbonyl (C=O) groups excluding carboxylic acids is 1. The fraction of sp³-hybridized carbons (Fsp3) is 0.552. The van der Waals surface area contributed by atoms with Crippen LogP contribution in [0.15, 0.2) is 42.5 Å². The summed E-state index contributed by atoms with van der Waals surface area (Å²) in [6, 6.07) is 14.0. The SMILES string of the molecule is COc1ccc(CCO[C@@H]2CCCCC[C@H]2NCC(C)COc2ccc(CC(N)=O)cc2)cc1OC. The van der Waals surface area contributed by atoms with Crippen molar-refractivity contribution in [2.45, 2.75) is 64.0 Å². The van der Waals surface area contributed by atoms with Crippen LogP contribution >= 0.6 is 0 Å². The normalized spacial score (nSPS) is 18.8. The molecular weight excluding hydrogens is 456 g/mol. The third-order valence-corrected chi connectivity index (χ3v) is 6.69. The van der Waals surface area contributed by atoms with E-state index in [2.05, 4.69) is 18.3 Å². The number of primary amides is 1. The van der Waals surface area contributed by atoms with Gasteiger partial charge < -0.3 is 30.0 Å². The van der Waals surface area contributed by atoms with Gasteiger partial charge in [0, 0.05) is 18.5 Å². The molecule has 1 saturated carbocycles. The molecule has 0 saturated heterocycles. The van der Waals surface area contributed by atoms with Crippen LogP contribution in [0.25, 0.3) is 0 Å². The molecule has 3 atom stereocenters. The Hall–Kier alpha value is -2.77. The number of rotatable bonds is 14. The summed E-state index contributed by atoms with van der Waals surface area (Å²) in [6.07, 6.45) is 7.24. The largest absolute Gasteiger partial charge is 0.493 e. The van der Waals surface area contributed by atoms with E-state index in [9.17, 15) is 4.79 Å². The van der Waals surface area contributed by atoms with Crippen LogP contribution in [-0.4, -0.2) is 52.0 Å². The average molecular weight is 499 g/mol. The number of ether oxygens (including phenoxy) is 4. The van der Waals surface area contributed by atoms with Crippen molar-refractivity contribution in [3.05, 3.63) is 53.6 Å². The van der Waals surface area contributed by atoms with Gasteiger partial charge in [-0.05, 0) is 54.7 Å². The minimum absolute atomic E-state index is 0.221. The predicted molar refractivity (Wildman–Crippen MR) is 142 cm³/mol. The monoisotopic (exact) mass is 498 g/mol. The van der Waals surface area contributed by atoms with Gasteiger partial charge in [-0.1, -0.05) is 44.4 Å². The Bertz CT molecular complexity index is 934. The van der Waals surface area contributed by atoms with Crippen molar-refractivity contribution in [1.82, 2.24) is 5.32 Å². The van der Waals surface area contributed by atoms with Crippen LogP contribution < -0.4 is 25.3 Å².